The quantitative estimate of drug-likeness (QED) is 0.0217. The molecule has 0 aliphatic rings. The Bertz CT molecular complexity index is 2410. The van der Waals surface area contributed by atoms with E-state index in [0.717, 1.165) is 0 Å². The van der Waals surface area contributed by atoms with Crippen LogP contribution in [0.25, 0.3) is 0 Å². The standard InChI is InChI=1S/C60H86N4O22/c1-75-22-25-78-28-31-81-34-37-84-50-40-43(41-51(85-38-35-82-32-29-79-26-23-76-2)55(50)86-39-36-83-33-30-80-27-24-77-3)42-64-59(74)60(16-7-19-61-56(71)44-10-4-13-47(65)52(44)68,17-8-20-62-57(72)45-11-5-14-48(66)53(45)69)18-9-21-63-58(73)46-12-6-15-49(67)54(46)70/h4-6,10-15,40-41,65-70H,7-9,16-39,42H2,1-3H3,(H,61,71)(H,62,72)(H,63,73)(H,64,74). The summed E-state index contributed by atoms with van der Waals surface area (Å²) in [7, 11) is 4.75. The van der Waals surface area contributed by atoms with E-state index < -0.39 is 63.5 Å². The molecule has 478 valence electrons. The molecule has 10 N–H and O–H groups in total. The summed E-state index contributed by atoms with van der Waals surface area (Å²) >= 11 is 0. The average Bonchev–Trinajstić information content (AvgIpc) is 2.84. The van der Waals surface area contributed by atoms with Crippen molar-refractivity contribution in [2.45, 2.75) is 45.1 Å². The van der Waals surface area contributed by atoms with E-state index in [-0.39, 0.29) is 151 Å². The summed E-state index contributed by atoms with van der Waals surface area (Å²) in [5, 5.41) is 72.8. The molecule has 0 aliphatic heterocycles. The maximum absolute atomic E-state index is 15.2. The number of phenols is 6. The molecular weight excluding hydrogens is 1130 g/mol. The lowest BCUT2D eigenvalue weighted by Crippen LogP contribution is -2.42. The molecule has 0 spiro atoms. The van der Waals surface area contributed by atoms with E-state index in [1.54, 1.807) is 33.5 Å². The highest BCUT2D eigenvalue weighted by molar-refractivity contribution is 5.98. The van der Waals surface area contributed by atoms with Gasteiger partial charge < -0.3 is 109 Å². The number of rotatable bonds is 48. The van der Waals surface area contributed by atoms with Crippen LogP contribution in [-0.2, 0) is 54.0 Å². The number of methoxy groups -OCH3 is 3. The molecule has 0 heterocycles. The van der Waals surface area contributed by atoms with Gasteiger partial charge in [0, 0.05) is 52.9 Å². The van der Waals surface area contributed by atoms with Crippen LogP contribution in [0.4, 0.5) is 0 Å². The predicted molar refractivity (Wildman–Crippen MR) is 312 cm³/mol. The Morgan fingerprint density at radius 1 is 0.395 bits per heavy atom. The van der Waals surface area contributed by atoms with E-state index in [2.05, 4.69) is 21.3 Å². The number of aromatic hydroxyl groups is 6. The zero-order chi connectivity index (χ0) is 62.2. The van der Waals surface area contributed by atoms with Gasteiger partial charge in [0.2, 0.25) is 11.7 Å². The first-order valence-corrected chi connectivity index (χ1v) is 28.4. The molecule has 0 radical (unpaired) electrons. The summed E-state index contributed by atoms with van der Waals surface area (Å²) in [6, 6.07) is 15.3. The number of ether oxygens (including phenoxy) is 12. The van der Waals surface area contributed by atoms with Crippen LogP contribution in [0.3, 0.4) is 0 Å². The number of nitrogens with one attached hydrogen (secondary N) is 4. The molecule has 0 saturated heterocycles. The topological polar surface area (TPSA) is 349 Å². The maximum atomic E-state index is 15.2. The van der Waals surface area contributed by atoms with E-state index in [1.807, 2.05) is 0 Å². The van der Waals surface area contributed by atoms with Crippen molar-refractivity contribution in [1.29, 1.82) is 0 Å². The third-order valence-electron chi connectivity index (χ3n) is 13.0. The largest absolute Gasteiger partial charge is 0.504 e. The summed E-state index contributed by atoms with van der Waals surface area (Å²) in [5.41, 5.74) is -1.28. The van der Waals surface area contributed by atoms with E-state index in [1.165, 1.54) is 54.6 Å². The lowest BCUT2D eigenvalue weighted by Gasteiger charge is -2.33. The Balaban J connectivity index is 1.67. The first-order chi connectivity index (χ1) is 41.8. The molecule has 0 saturated carbocycles. The molecule has 0 aromatic heterocycles. The third-order valence-corrected chi connectivity index (χ3v) is 13.0. The van der Waals surface area contributed by atoms with Crippen LogP contribution in [0.5, 0.6) is 51.7 Å². The average molecular weight is 1220 g/mol. The van der Waals surface area contributed by atoms with Crippen molar-refractivity contribution in [3.05, 3.63) is 89.0 Å². The Morgan fingerprint density at radius 3 is 1.02 bits per heavy atom. The minimum Gasteiger partial charge on any atom is -0.504 e. The minimum absolute atomic E-state index is 0.00909. The van der Waals surface area contributed by atoms with E-state index >= 15 is 4.79 Å². The summed E-state index contributed by atoms with van der Waals surface area (Å²) < 4.78 is 67.9. The molecule has 0 atom stereocenters. The zero-order valence-electron chi connectivity index (χ0n) is 49.4. The van der Waals surface area contributed by atoms with Crippen LogP contribution in [0.1, 0.15) is 75.2 Å². The van der Waals surface area contributed by atoms with Gasteiger partial charge in [-0.15, -0.1) is 0 Å². The highest BCUT2D eigenvalue weighted by Gasteiger charge is 2.37. The molecule has 4 aromatic carbocycles. The van der Waals surface area contributed by atoms with Crippen molar-refractivity contribution >= 4 is 23.6 Å². The van der Waals surface area contributed by atoms with Crippen LogP contribution in [0.2, 0.25) is 0 Å². The number of hydrogen-bond donors (Lipinski definition) is 10. The lowest BCUT2D eigenvalue weighted by atomic mass is 9.74. The van der Waals surface area contributed by atoms with E-state index in [0.29, 0.717) is 71.6 Å². The van der Waals surface area contributed by atoms with Gasteiger partial charge in [-0.3, -0.25) is 19.2 Å². The highest BCUT2D eigenvalue weighted by Crippen LogP contribution is 2.40. The summed E-state index contributed by atoms with van der Waals surface area (Å²) in [6.45, 7) is 5.10. The van der Waals surface area contributed by atoms with Gasteiger partial charge in [0.25, 0.3) is 17.7 Å². The molecule has 26 heteroatoms. The summed E-state index contributed by atoms with van der Waals surface area (Å²) in [5.74, 6) is -5.01. The summed E-state index contributed by atoms with van der Waals surface area (Å²) in [4.78, 5) is 55.0. The van der Waals surface area contributed by atoms with Gasteiger partial charge in [-0.1, -0.05) is 18.2 Å². The van der Waals surface area contributed by atoms with Crippen molar-refractivity contribution in [2.75, 3.05) is 160 Å². The van der Waals surface area contributed by atoms with Crippen LogP contribution in [0, 0.1) is 5.41 Å². The van der Waals surface area contributed by atoms with Crippen LogP contribution in [0.15, 0.2) is 66.7 Å². The van der Waals surface area contributed by atoms with Gasteiger partial charge in [0.15, 0.2) is 46.0 Å². The molecule has 0 fully saturated rings. The Morgan fingerprint density at radius 2 is 0.698 bits per heavy atom. The smallest absolute Gasteiger partial charge is 0.255 e. The predicted octanol–water partition coefficient (Wildman–Crippen LogP) is 4.33. The van der Waals surface area contributed by atoms with Gasteiger partial charge in [0.05, 0.1) is 116 Å². The molecule has 4 amide bonds. The zero-order valence-corrected chi connectivity index (χ0v) is 49.4. The highest BCUT2D eigenvalue weighted by atomic mass is 16.6. The van der Waals surface area contributed by atoms with Gasteiger partial charge in [-0.05, 0) is 92.6 Å². The molecule has 26 nitrogen and oxygen atoms in total. The first-order valence-electron chi connectivity index (χ1n) is 28.4. The molecule has 4 aromatic rings. The van der Waals surface area contributed by atoms with Crippen molar-refractivity contribution < 1.29 is 107 Å². The summed E-state index contributed by atoms with van der Waals surface area (Å²) in [6.07, 6.45) is 0.960. The fraction of sp³-hybridized carbons (Fsp3) is 0.533. The molecular formula is C60H86N4O22. The number of carbonyl (C=O) groups is 4. The monoisotopic (exact) mass is 1210 g/mol. The fourth-order valence-electron chi connectivity index (χ4n) is 8.51. The number of carbonyl (C=O) groups excluding carboxylic acids is 4. The Hall–Kier alpha value is -7.40. The molecule has 4 rings (SSSR count). The van der Waals surface area contributed by atoms with Crippen molar-refractivity contribution in [3.63, 3.8) is 0 Å². The number of amides is 4. The van der Waals surface area contributed by atoms with Gasteiger partial charge in [0.1, 0.15) is 19.8 Å². The molecule has 0 unspecified atom stereocenters. The van der Waals surface area contributed by atoms with Gasteiger partial charge in [-0.2, -0.15) is 0 Å². The third kappa shape index (κ3) is 25.7. The van der Waals surface area contributed by atoms with Crippen LogP contribution in [-0.4, -0.2) is 214 Å². The van der Waals surface area contributed by atoms with E-state index in [9.17, 15) is 45.0 Å². The minimum atomic E-state index is -1.29. The normalized spacial score (nSPS) is 11.3. The SMILES string of the molecule is COCCOCCOCCOc1cc(CNC(=O)C(CCCNC(=O)c2cccc(O)c2O)(CCCNC(=O)c2cccc(O)c2O)CCCNC(=O)c2cccc(O)c2O)cc(OCCOCCOCCOC)c1OCCOCCOCCOC. The number of benzene rings is 4. The molecule has 0 bridgehead atoms. The Kier molecular flexibility index (Phi) is 34.4. The lowest BCUT2D eigenvalue weighted by molar-refractivity contribution is -0.132. The number of phenolic OH excluding ortho intramolecular Hbond substituents is 6. The molecule has 0 aliphatic carbocycles. The second-order valence-electron chi connectivity index (χ2n) is 19.2. The molecule has 86 heavy (non-hydrogen) atoms. The van der Waals surface area contributed by atoms with Crippen molar-refractivity contribution in [2.24, 2.45) is 5.41 Å². The van der Waals surface area contributed by atoms with Crippen LogP contribution >= 0.6 is 0 Å². The van der Waals surface area contributed by atoms with Crippen LogP contribution < -0.4 is 35.5 Å². The number of para-hydroxylation sites is 3. The van der Waals surface area contributed by atoms with E-state index in [4.69, 9.17) is 56.8 Å². The van der Waals surface area contributed by atoms with Gasteiger partial charge in [-0.25, -0.2) is 0 Å². The first kappa shape index (κ1) is 71.1. The van der Waals surface area contributed by atoms with Gasteiger partial charge >= 0.3 is 0 Å². The second kappa shape index (κ2) is 41.6. The Labute approximate surface area is 501 Å². The maximum Gasteiger partial charge on any atom is 0.255 e. The van der Waals surface area contributed by atoms with Crippen molar-refractivity contribution in [3.8, 4) is 51.7 Å². The second-order valence-corrected chi connectivity index (χ2v) is 19.2. The fourth-order valence-corrected chi connectivity index (χ4v) is 8.51. The number of hydrogen-bond acceptors (Lipinski definition) is 22. The van der Waals surface area contributed by atoms with Crippen molar-refractivity contribution in [1.82, 2.24) is 21.3 Å².